The largest absolute Gasteiger partial charge is 0.484 e. The van der Waals surface area contributed by atoms with Gasteiger partial charge in [0.1, 0.15) is 5.75 Å². The third kappa shape index (κ3) is 4.97. The van der Waals surface area contributed by atoms with E-state index in [1.165, 1.54) is 17.4 Å². The zero-order valence-corrected chi connectivity index (χ0v) is 14.2. The highest BCUT2D eigenvalue weighted by Crippen LogP contribution is 2.22. The number of amides is 2. The van der Waals surface area contributed by atoms with Crippen molar-refractivity contribution in [2.24, 2.45) is 5.73 Å². The Labute approximate surface area is 143 Å². The minimum Gasteiger partial charge on any atom is -0.484 e. The number of hydrogen-bond donors (Lipinski definition) is 1. The maximum absolute atomic E-state index is 12.3. The third-order valence-corrected chi connectivity index (χ3v) is 4.41. The molecule has 0 spiro atoms. The summed E-state index contributed by atoms with van der Waals surface area (Å²) in [7, 11) is 0. The van der Waals surface area contributed by atoms with Crippen LogP contribution in [0.5, 0.6) is 5.75 Å². The quantitative estimate of drug-likeness (QED) is 0.832. The number of ether oxygens (including phenoxy) is 1. The Kier molecular flexibility index (Phi) is 6.01. The van der Waals surface area contributed by atoms with Crippen LogP contribution in [0.1, 0.15) is 22.2 Å². The lowest BCUT2D eigenvalue weighted by Gasteiger charge is -2.20. The van der Waals surface area contributed by atoms with E-state index in [2.05, 4.69) is 0 Å². The monoisotopic (exact) mass is 352 g/mol. The fraction of sp³-hybridized carbons (Fsp3) is 0.250. The highest BCUT2D eigenvalue weighted by atomic mass is 35.5. The first-order valence-corrected chi connectivity index (χ1v) is 8.23. The molecule has 122 valence electrons. The highest BCUT2D eigenvalue weighted by Gasteiger charge is 2.14. The second-order valence-corrected chi connectivity index (χ2v) is 6.59. The molecule has 0 saturated heterocycles. The predicted octanol–water partition coefficient (Wildman–Crippen LogP) is 2.93. The van der Waals surface area contributed by atoms with Gasteiger partial charge in [-0.05, 0) is 37.3 Å². The van der Waals surface area contributed by atoms with E-state index in [0.717, 1.165) is 4.88 Å². The van der Waals surface area contributed by atoms with Crippen molar-refractivity contribution in [3.8, 4) is 5.75 Å². The molecule has 0 fully saturated rings. The van der Waals surface area contributed by atoms with Crippen LogP contribution in [-0.4, -0.2) is 29.9 Å². The Bertz CT molecular complexity index is 702. The van der Waals surface area contributed by atoms with Crippen LogP contribution >= 0.6 is 22.9 Å². The zero-order valence-electron chi connectivity index (χ0n) is 12.6. The molecule has 0 aliphatic rings. The SMILES string of the molecule is CCN(Cc1ccc(Cl)s1)C(=O)COc1cccc(C(N)=O)c1. The number of carbonyl (C=O) groups excluding carboxylic acids is 2. The Morgan fingerprint density at radius 3 is 2.70 bits per heavy atom. The molecule has 2 rings (SSSR count). The fourth-order valence-electron chi connectivity index (χ4n) is 1.98. The normalized spacial score (nSPS) is 10.3. The summed E-state index contributed by atoms with van der Waals surface area (Å²) in [4.78, 5) is 26.1. The Morgan fingerprint density at radius 2 is 2.09 bits per heavy atom. The summed E-state index contributed by atoms with van der Waals surface area (Å²) in [5.74, 6) is -0.238. The molecule has 5 nitrogen and oxygen atoms in total. The lowest BCUT2D eigenvalue weighted by Crippen LogP contribution is -2.34. The van der Waals surface area contributed by atoms with E-state index >= 15 is 0 Å². The van der Waals surface area contributed by atoms with E-state index in [4.69, 9.17) is 22.1 Å². The van der Waals surface area contributed by atoms with Gasteiger partial charge in [0.15, 0.2) is 6.61 Å². The Morgan fingerprint density at radius 1 is 1.30 bits per heavy atom. The van der Waals surface area contributed by atoms with E-state index in [1.54, 1.807) is 23.1 Å². The van der Waals surface area contributed by atoms with Crippen molar-refractivity contribution in [2.75, 3.05) is 13.2 Å². The van der Waals surface area contributed by atoms with Crippen LogP contribution in [0.15, 0.2) is 36.4 Å². The first-order chi connectivity index (χ1) is 11.0. The molecule has 0 bridgehead atoms. The average Bonchev–Trinajstić information content (AvgIpc) is 2.95. The summed E-state index contributed by atoms with van der Waals surface area (Å²) >= 11 is 7.35. The van der Waals surface area contributed by atoms with E-state index in [-0.39, 0.29) is 12.5 Å². The minimum absolute atomic E-state index is 0.102. The van der Waals surface area contributed by atoms with Gasteiger partial charge in [-0.3, -0.25) is 9.59 Å². The van der Waals surface area contributed by atoms with Gasteiger partial charge < -0.3 is 15.4 Å². The summed E-state index contributed by atoms with van der Waals surface area (Å²) in [6.07, 6.45) is 0. The van der Waals surface area contributed by atoms with Gasteiger partial charge in [-0.2, -0.15) is 0 Å². The van der Waals surface area contributed by atoms with Crippen LogP contribution in [0, 0.1) is 0 Å². The first kappa shape index (κ1) is 17.3. The molecular weight excluding hydrogens is 336 g/mol. The van der Waals surface area contributed by atoms with E-state index in [0.29, 0.717) is 28.7 Å². The summed E-state index contributed by atoms with van der Waals surface area (Å²) in [6.45, 7) is 2.87. The van der Waals surface area contributed by atoms with Crippen molar-refractivity contribution in [3.05, 3.63) is 51.2 Å². The minimum atomic E-state index is -0.536. The summed E-state index contributed by atoms with van der Waals surface area (Å²) in [5, 5.41) is 0. The lowest BCUT2D eigenvalue weighted by molar-refractivity contribution is -0.133. The summed E-state index contributed by atoms with van der Waals surface area (Å²) in [6, 6.07) is 10.2. The van der Waals surface area contributed by atoms with Gasteiger partial charge in [0.25, 0.3) is 5.91 Å². The molecule has 0 saturated carbocycles. The number of likely N-dealkylation sites (N-methyl/N-ethyl adjacent to an activating group) is 1. The number of benzene rings is 1. The predicted molar refractivity (Wildman–Crippen MR) is 90.9 cm³/mol. The summed E-state index contributed by atoms with van der Waals surface area (Å²) < 4.78 is 6.16. The molecule has 2 N–H and O–H groups in total. The van der Waals surface area contributed by atoms with Gasteiger partial charge >= 0.3 is 0 Å². The van der Waals surface area contributed by atoms with Crippen LogP contribution in [-0.2, 0) is 11.3 Å². The number of nitrogens with zero attached hydrogens (tertiary/aromatic N) is 1. The van der Waals surface area contributed by atoms with Crippen LogP contribution in [0.4, 0.5) is 0 Å². The number of primary amides is 1. The molecule has 0 unspecified atom stereocenters. The third-order valence-electron chi connectivity index (χ3n) is 3.19. The van der Waals surface area contributed by atoms with Crippen LogP contribution in [0.3, 0.4) is 0 Å². The molecule has 23 heavy (non-hydrogen) atoms. The molecule has 0 aliphatic heterocycles. The standard InChI is InChI=1S/C16H17ClN2O3S/c1-2-19(9-13-6-7-14(17)23-13)15(20)10-22-12-5-3-4-11(8-12)16(18)21/h3-8H,2,9-10H2,1H3,(H2,18,21). The molecule has 1 aromatic carbocycles. The van der Waals surface area contributed by atoms with E-state index in [1.807, 2.05) is 19.1 Å². The van der Waals surface area contributed by atoms with Crippen LogP contribution < -0.4 is 10.5 Å². The molecular formula is C16H17ClN2O3S. The van der Waals surface area contributed by atoms with E-state index in [9.17, 15) is 9.59 Å². The van der Waals surface area contributed by atoms with Gasteiger partial charge in [-0.25, -0.2) is 0 Å². The molecule has 1 heterocycles. The van der Waals surface area contributed by atoms with Crippen LogP contribution in [0.2, 0.25) is 4.34 Å². The Balaban J connectivity index is 1.94. The molecule has 1 aromatic heterocycles. The van der Waals surface area contributed by atoms with Crippen molar-refractivity contribution in [2.45, 2.75) is 13.5 Å². The number of halogens is 1. The number of thiophene rings is 1. The molecule has 0 radical (unpaired) electrons. The Hall–Kier alpha value is -2.05. The average molecular weight is 353 g/mol. The second kappa shape index (κ2) is 7.99. The fourth-order valence-corrected chi connectivity index (χ4v) is 3.08. The van der Waals surface area contributed by atoms with Crippen molar-refractivity contribution >= 4 is 34.8 Å². The maximum atomic E-state index is 12.3. The molecule has 0 aliphatic carbocycles. The molecule has 2 aromatic rings. The van der Waals surface area contributed by atoms with Gasteiger partial charge in [0.05, 0.1) is 10.9 Å². The number of rotatable bonds is 7. The van der Waals surface area contributed by atoms with Crippen molar-refractivity contribution in [1.82, 2.24) is 4.90 Å². The van der Waals surface area contributed by atoms with Crippen molar-refractivity contribution in [3.63, 3.8) is 0 Å². The smallest absolute Gasteiger partial charge is 0.260 e. The van der Waals surface area contributed by atoms with Crippen LogP contribution in [0.25, 0.3) is 0 Å². The number of carbonyl (C=O) groups is 2. The second-order valence-electron chi connectivity index (χ2n) is 4.79. The van der Waals surface area contributed by atoms with Crippen molar-refractivity contribution in [1.29, 1.82) is 0 Å². The topological polar surface area (TPSA) is 72.6 Å². The molecule has 7 heteroatoms. The summed E-state index contributed by atoms with van der Waals surface area (Å²) in [5.41, 5.74) is 5.56. The van der Waals surface area contributed by atoms with Gasteiger partial charge in [0.2, 0.25) is 5.91 Å². The lowest BCUT2D eigenvalue weighted by atomic mass is 10.2. The number of hydrogen-bond acceptors (Lipinski definition) is 4. The highest BCUT2D eigenvalue weighted by molar-refractivity contribution is 7.16. The van der Waals surface area contributed by atoms with Crippen molar-refractivity contribution < 1.29 is 14.3 Å². The van der Waals surface area contributed by atoms with Gasteiger partial charge in [0, 0.05) is 17.0 Å². The molecule has 0 atom stereocenters. The maximum Gasteiger partial charge on any atom is 0.260 e. The van der Waals surface area contributed by atoms with E-state index < -0.39 is 5.91 Å². The number of nitrogens with two attached hydrogens (primary N) is 1. The zero-order chi connectivity index (χ0) is 16.8. The first-order valence-electron chi connectivity index (χ1n) is 7.04. The van der Waals surface area contributed by atoms with Gasteiger partial charge in [-0.15, -0.1) is 11.3 Å². The van der Waals surface area contributed by atoms with Gasteiger partial charge in [-0.1, -0.05) is 17.7 Å². The molecule has 2 amide bonds.